The molecule has 126 valence electrons. The van der Waals surface area contributed by atoms with Crippen molar-refractivity contribution >= 4 is 5.97 Å². The molecule has 0 aromatic heterocycles. The normalized spacial score (nSPS) is 23.0. The summed E-state index contributed by atoms with van der Waals surface area (Å²) in [6, 6.07) is 5.27. The van der Waals surface area contributed by atoms with Gasteiger partial charge in [0.05, 0.1) is 17.8 Å². The number of carboxylic acids is 1. The Morgan fingerprint density at radius 3 is 2.96 bits per heavy atom. The molecule has 0 bridgehead atoms. The molecule has 2 unspecified atom stereocenters. The summed E-state index contributed by atoms with van der Waals surface area (Å²) in [6.07, 6.45) is 1.39. The van der Waals surface area contributed by atoms with Gasteiger partial charge in [0, 0.05) is 19.0 Å². The molecule has 2 heterocycles. The number of carboxylic acid groups (broad SMARTS) is 1. The van der Waals surface area contributed by atoms with Gasteiger partial charge < -0.3 is 14.8 Å². The van der Waals surface area contributed by atoms with Crippen molar-refractivity contribution < 1.29 is 29.3 Å². The number of nitrogens with zero attached hydrogens (tertiary/aromatic N) is 2. The minimum atomic E-state index is -0.871. The van der Waals surface area contributed by atoms with Crippen LogP contribution < -0.4 is 9.68 Å². The van der Waals surface area contributed by atoms with Crippen molar-refractivity contribution in [3.05, 3.63) is 23.8 Å². The first-order valence-corrected chi connectivity index (χ1v) is 7.64. The number of hydrogen-bond donors (Lipinski definition) is 1. The van der Waals surface area contributed by atoms with Crippen LogP contribution in [0.1, 0.15) is 37.7 Å². The lowest BCUT2D eigenvalue weighted by Crippen LogP contribution is -2.46. The van der Waals surface area contributed by atoms with E-state index in [-0.39, 0.29) is 0 Å². The van der Waals surface area contributed by atoms with Crippen molar-refractivity contribution in [2.45, 2.75) is 38.3 Å². The lowest BCUT2D eigenvalue weighted by molar-refractivity contribution is -0.463. The van der Waals surface area contributed by atoms with Gasteiger partial charge in [-0.05, 0) is 12.5 Å². The minimum absolute atomic E-state index is 0.436. The van der Waals surface area contributed by atoms with Crippen LogP contribution in [-0.4, -0.2) is 41.4 Å². The molecule has 0 saturated carbocycles. The number of fused-ring (bicyclic) bond motifs is 1. The minimum Gasteiger partial charge on any atom is -0.481 e. The molecule has 1 fully saturated rings. The molecular weight excluding hydrogens is 304 g/mol. The lowest BCUT2D eigenvalue weighted by atomic mass is 9.93. The van der Waals surface area contributed by atoms with E-state index in [0.29, 0.717) is 36.5 Å². The summed E-state index contributed by atoms with van der Waals surface area (Å²) in [5, 5.41) is 12.0. The number of hydroxylamine groups is 4. The van der Waals surface area contributed by atoms with E-state index in [9.17, 15) is 9.90 Å². The van der Waals surface area contributed by atoms with Gasteiger partial charge in [0.2, 0.25) is 6.23 Å². The van der Waals surface area contributed by atoms with Crippen LogP contribution in [0, 0.1) is 0 Å². The number of benzene rings is 1. The van der Waals surface area contributed by atoms with E-state index in [2.05, 4.69) is 0 Å². The fraction of sp³-hybridized carbons (Fsp3) is 0.533. The molecule has 0 spiro atoms. The monoisotopic (exact) mass is 324 g/mol. The summed E-state index contributed by atoms with van der Waals surface area (Å²) in [5.74, 6) is -0.574. The van der Waals surface area contributed by atoms with Crippen LogP contribution in [0.25, 0.3) is 0 Å². The Kier molecular flexibility index (Phi) is 4.67. The average Bonchev–Trinajstić information content (AvgIpc) is 2.96. The molecule has 1 saturated heterocycles. The summed E-state index contributed by atoms with van der Waals surface area (Å²) in [6.45, 7) is 2.43. The molecule has 0 aliphatic carbocycles. The summed E-state index contributed by atoms with van der Waals surface area (Å²) >= 11 is 0. The van der Waals surface area contributed by atoms with Gasteiger partial charge in [0.25, 0.3) is 0 Å². The van der Waals surface area contributed by atoms with Crippen molar-refractivity contribution in [3.63, 3.8) is 0 Å². The number of carbonyl (C=O) groups is 1. The average molecular weight is 324 g/mol. The van der Waals surface area contributed by atoms with Crippen LogP contribution in [0.15, 0.2) is 18.2 Å². The van der Waals surface area contributed by atoms with Crippen LogP contribution in [0.3, 0.4) is 0 Å². The molecule has 1 aromatic rings. The van der Waals surface area contributed by atoms with Gasteiger partial charge in [-0.15, -0.1) is 0 Å². The third kappa shape index (κ3) is 3.25. The maximum atomic E-state index is 11.6. The zero-order chi connectivity index (χ0) is 16.4. The highest BCUT2D eigenvalue weighted by Crippen LogP contribution is 2.43. The highest BCUT2D eigenvalue weighted by Gasteiger charge is 2.37. The Hall–Kier alpha value is -1.87. The van der Waals surface area contributed by atoms with Crippen LogP contribution in [-0.2, 0) is 14.5 Å². The summed E-state index contributed by atoms with van der Waals surface area (Å²) in [5.41, 5.74) is 0.611. The number of hydrogen-bond acceptors (Lipinski definition) is 7. The number of aliphatic carboxylic acids is 1. The molecule has 8 heteroatoms. The smallest absolute Gasteiger partial charge is 0.311 e. The van der Waals surface area contributed by atoms with Crippen LogP contribution >= 0.6 is 0 Å². The zero-order valence-electron chi connectivity index (χ0n) is 13.1. The van der Waals surface area contributed by atoms with Crippen molar-refractivity contribution in [1.29, 1.82) is 0 Å². The van der Waals surface area contributed by atoms with Gasteiger partial charge >= 0.3 is 5.97 Å². The van der Waals surface area contributed by atoms with Gasteiger partial charge in [-0.1, -0.05) is 30.7 Å². The lowest BCUT2D eigenvalue weighted by Gasteiger charge is -2.31. The molecule has 3 rings (SSSR count). The highest BCUT2D eigenvalue weighted by molar-refractivity contribution is 5.78. The third-order valence-corrected chi connectivity index (χ3v) is 3.77. The Balaban J connectivity index is 1.82. The maximum absolute atomic E-state index is 11.6. The predicted molar refractivity (Wildman–Crippen MR) is 78.0 cm³/mol. The summed E-state index contributed by atoms with van der Waals surface area (Å²) in [4.78, 5) is 33.6. The molecule has 2 aliphatic heterocycles. The van der Waals surface area contributed by atoms with E-state index in [0.717, 1.165) is 6.42 Å². The van der Waals surface area contributed by atoms with E-state index in [1.807, 2.05) is 6.92 Å². The second kappa shape index (κ2) is 6.71. The summed E-state index contributed by atoms with van der Waals surface area (Å²) in [7, 11) is 1.64. The fourth-order valence-electron chi connectivity index (χ4n) is 2.68. The third-order valence-electron chi connectivity index (χ3n) is 3.77. The second-order valence-corrected chi connectivity index (χ2v) is 5.44. The van der Waals surface area contributed by atoms with Gasteiger partial charge in [0.15, 0.2) is 11.5 Å². The van der Waals surface area contributed by atoms with E-state index in [1.54, 1.807) is 25.2 Å². The van der Waals surface area contributed by atoms with Crippen LogP contribution in [0.4, 0.5) is 0 Å². The first kappa shape index (κ1) is 16.0. The molecule has 0 radical (unpaired) electrons. The molecule has 2 aliphatic rings. The van der Waals surface area contributed by atoms with E-state index in [1.165, 1.54) is 10.5 Å². The molecule has 1 aromatic carbocycles. The highest BCUT2D eigenvalue weighted by atomic mass is 17.0. The van der Waals surface area contributed by atoms with Gasteiger partial charge in [-0.2, -0.15) is 0 Å². The van der Waals surface area contributed by atoms with Gasteiger partial charge in [-0.25, -0.2) is 4.84 Å². The van der Waals surface area contributed by atoms with Gasteiger partial charge in [-0.3, -0.25) is 9.63 Å². The van der Waals surface area contributed by atoms with Crippen molar-refractivity contribution in [1.82, 2.24) is 10.5 Å². The first-order valence-electron chi connectivity index (χ1n) is 7.64. The largest absolute Gasteiger partial charge is 0.481 e. The molecule has 2 atom stereocenters. The van der Waals surface area contributed by atoms with E-state index >= 15 is 0 Å². The van der Waals surface area contributed by atoms with E-state index < -0.39 is 18.1 Å². The number of rotatable bonds is 5. The topological polar surface area (TPSA) is 80.7 Å². The molecule has 1 N–H and O–H groups in total. The first-order chi connectivity index (χ1) is 11.1. The van der Waals surface area contributed by atoms with Crippen molar-refractivity contribution in [2.75, 3.05) is 13.7 Å². The molecule has 0 amide bonds. The van der Waals surface area contributed by atoms with Crippen LogP contribution in [0.2, 0.25) is 0 Å². The van der Waals surface area contributed by atoms with Crippen LogP contribution in [0.5, 0.6) is 11.5 Å². The van der Waals surface area contributed by atoms with Gasteiger partial charge in [0.1, 0.15) is 0 Å². The number of para-hydroxylation sites is 1. The molecule has 23 heavy (non-hydrogen) atoms. The van der Waals surface area contributed by atoms with Crippen molar-refractivity contribution in [3.8, 4) is 11.5 Å². The zero-order valence-corrected chi connectivity index (χ0v) is 13.1. The Morgan fingerprint density at radius 1 is 1.43 bits per heavy atom. The standard InChI is InChI=1S/C15H20N2O6/c1-3-5-11(15(18)19)10-6-4-7-12-14(10)23-17(21-12)13-8-9-20-16(2)22-13/h4,6-7,11,13H,3,5,8-9H2,1-2H3,(H,18,19). The quantitative estimate of drug-likeness (QED) is 0.882. The SMILES string of the molecule is CCCC(C(=O)O)c1cccc2c1ON(C1CCON(C)O1)O2. The fourth-order valence-corrected chi connectivity index (χ4v) is 2.68. The predicted octanol–water partition coefficient (Wildman–Crippen LogP) is 2.08. The Bertz CT molecular complexity index is 581. The molecular formula is C15H20N2O6. The Labute approximate surface area is 133 Å². The summed E-state index contributed by atoms with van der Waals surface area (Å²) < 4.78 is 0. The molecule has 8 nitrogen and oxygen atoms in total. The Morgan fingerprint density at radius 2 is 2.26 bits per heavy atom. The maximum Gasteiger partial charge on any atom is 0.311 e. The van der Waals surface area contributed by atoms with Crippen molar-refractivity contribution in [2.24, 2.45) is 0 Å². The van der Waals surface area contributed by atoms with E-state index in [4.69, 9.17) is 19.4 Å². The second-order valence-electron chi connectivity index (χ2n) is 5.44.